The van der Waals surface area contributed by atoms with Gasteiger partial charge in [0, 0.05) is 10.2 Å². The van der Waals surface area contributed by atoms with Gasteiger partial charge in [-0.2, -0.15) is 0 Å². The van der Waals surface area contributed by atoms with Crippen molar-refractivity contribution < 1.29 is 0 Å². The number of benzene rings is 1. The van der Waals surface area contributed by atoms with Crippen molar-refractivity contribution in [2.24, 2.45) is 0 Å². The van der Waals surface area contributed by atoms with Crippen molar-refractivity contribution in [2.45, 2.75) is 18.6 Å². The predicted molar refractivity (Wildman–Crippen MR) is 53.1 cm³/mol. The third-order valence-corrected chi connectivity index (χ3v) is 4.84. The van der Waals surface area contributed by atoms with Crippen LogP contribution in [-0.4, -0.2) is 19.0 Å². The van der Waals surface area contributed by atoms with E-state index in [1.54, 1.807) is 0 Å². The van der Waals surface area contributed by atoms with E-state index in [2.05, 4.69) is 47.1 Å². The van der Waals surface area contributed by atoms with Crippen molar-refractivity contribution in [3.05, 3.63) is 30.3 Å². The van der Waals surface area contributed by atoms with E-state index < -0.39 is 0 Å². The van der Waals surface area contributed by atoms with Crippen LogP contribution in [0.2, 0.25) is 18.6 Å². The van der Waals surface area contributed by atoms with Crippen LogP contribution in [0.3, 0.4) is 0 Å². The summed E-state index contributed by atoms with van der Waals surface area (Å²) in [5, 5.41) is 1.54. The van der Waals surface area contributed by atoms with Gasteiger partial charge < -0.3 is 0 Å². The lowest BCUT2D eigenvalue weighted by atomic mass is 10.4. The molecule has 0 N–H and O–H groups in total. The van der Waals surface area contributed by atoms with Crippen molar-refractivity contribution >= 4 is 24.2 Å². The largest absolute Gasteiger partial charge is 0.0820 e. The van der Waals surface area contributed by atoms with Gasteiger partial charge in [0.2, 0.25) is 0 Å². The summed E-state index contributed by atoms with van der Waals surface area (Å²) >= 11 is 0. The highest BCUT2D eigenvalue weighted by Gasteiger charge is 2.03. The minimum atomic E-state index is -0.267. The summed E-state index contributed by atoms with van der Waals surface area (Å²) in [6, 6.07) is 13.2. The van der Waals surface area contributed by atoms with Crippen LogP contribution in [0.25, 0.3) is 0 Å². The van der Waals surface area contributed by atoms with Crippen molar-refractivity contribution in [3.8, 4) is 0 Å². The van der Waals surface area contributed by atoms with Crippen molar-refractivity contribution in [2.75, 3.05) is 0 Å². The molecule has 11 heavy (non-hydrogen) atoms. The molecule has 0 fully saturated rings. The van der Waals surface area contributed by atoms with Gasteiger partial charge in [-0.15, -0.1) is 0 Å². The molecular formula is C9H12Si2. The third-order valence-electron chi connectivity index (χ3n) is 1.77. The van der Waals surface area contributed by atoms with E-state index in [4.69, 9.17) is 0 Å². The summed E-state index contributed by atoms with van der Waals surface area (Å²) in [5.74, 6) is 0. The lowest BCUT2D eigenvalue weighted by molar-refractivity contribution is 1.41. The molecule has 1 aromatic rings. The van der Waals surface area contributed by atoms with Crippen molar-refractivity contribution in [1.29, 1.82) is 0 Å². The normalized spacial score (nSPS) is 10.5. The van der Waals surface area contributed by atoms with Crippen LogP contribution in [0.5, 0.6) is 0 Å². The number of hydrogen-bond acceptors (Lipinski definition) is 0. The Bertz CT molecular complexity index is 196. The Balaban J connectivity index is 2.61. The van der Waals surface area contributed by atoms with Gasteiger partial charge in [-0.1, -0.05) is 54.2 Å². The van der Waals surface area contributed by atoms with E-state index >= 15 is 0 Å². The van der Waals surface area contributed by atoms with Gasteiger partial charge in [0.1, 0.15) is 0 Å². The fraction of sp³-hybridized carbons (Fsp3) is 0.333. The molecule has 4 radical (unpaired) electrons. The molecule has 0 aliphatic heterocycles. The monoisotopic (exact) mass is 176 g/mol. The molecule has 1 aromatic carbocycles. The Kier molecular flexibility index (Phi) is 3.59. The van der Waals surface area contributed by atoms with Gasteiger partial charge in [-0.3, -0.25) is 0 Å². The van der Waals surface area contributed by atoms with E-state index in [-0.39, 0.29) is 8.80 Å². The van der Waals surface area contributed by atoms with E-state index in [0.29, 0.717) is 0 Å². The smallest absolute Gasteiger partial charge is 0.0669 e. The fourth-order valence-corrected chi connectivity index (χ4v) is 3.60. The lowest BCUT2D eigenvalue weighted by Gasteiger charge is -2.06. The van der Waals surface area contributed by atoms with Gasteiger partial charge in [0.15, 0.2) is 0 Å². The first-order valence-corrected chi connectivity index (χ1v) is 6.78. The molecule has 0 atom stereocenters. The quantitative estimate of drug-likeness (QED) is 0.614. The average Bonchev–Trinajstić information content (AvgIpc) is 2.07. The number of rotatable bonds is 3. The van der Waals surface area contributed by atoms with Crippen LogP contribution < -0.4 is 5.19 Å². The molecule has 0 aromatic heterocycles. The Hall–Kier alpha value is -0.346. The zero-order valence-corrected chi connectivity index (χ0v) is 8.80. The molecule has 0 amide bonds. The first-order chi connectivity index (χ1) is 5.34. The van der Waals surface area contributed by atoms with Gasteiger partial charge in [-0.25, -0.2) is 0 Å². The maximum atomic E-state index is 3.52. The van der Waals surface area contributed by atoms with Crippen LogP contribution in [0, 0.1) is 0 Å². The van der Waals surface area contributed by atoms with Gasteiger partial charge in [0.05, 0.1) is 8.80 Å². The Labute approximate surface area is 73.7 Å². The molecular weight excluding hydrogens is 164 g/mol. The SMILES string of the molecule is C[Si](CC[Si])c1ccccc1. The van der Waals surface area contributed by atoms with Gasteiger partial charge in [-0.05, 0) is 0 Å². The average molecular weight is 176 g/mol. The van der Waals surface area contributed by atoms with Crippen LogP contribution in [0.1, 0.15) is 0 Å². The standard InChI is InChI=1S/C9H12Si2/c1-11(8-7-10)9-5-3-2-4-6-9/h2-6H,7-8H2,1H3. The fourth-order valence-electron chi connectivity index (χ4n) is 1.05. The summed E-state index contributed by atoms with van der Waals surface area (Å²) in [6.45, 7) is 2.36. The molecule has 0 heterocycles. The maximum Gasteiger partial charge on any atom is 0.0820 e. The van der Waals surface area contributed by atoms with Gasteiger partial charge >= 0.3 is 0 Å². The van der Waals surface area contributed by atoms with Crippen LogP contribution in [-0.2, 0) is 0 Å². The molecule has 0 saturated heterocycles. The molecule has 0 bridgehead atoms. The van der Waals surface area contributed by atoms with Crippen LogP contribution in [0.4, 0.5) is 0 Å². The highest BCUT2D eigenvalue weighted by atomic mass is 28.3. The lowest BCUT2D eigenvalue weighted by Crippen LogP contribution is -2.25. The minimum Gasteiger partial charge on any atom is -0.0669 e. The highest BCUT2D eigenvalue weighted by molar-refractivity contribution is 6.72. The molecule has 0 unspecified atom stereocenters. The second-order valence-corrected chi connectivity index (χ2v) is 5.78. The molecule has 56 valence electrons. The summed E-state index contributed by atoms with van der Waals surface area (Å²) in [7, 11) is 3.25. The minimum absolute atomic E-state index is 0.267. The summed E-state index contributed by atoms with van der Waals surface area (Å²) in [4.78, 5) is 0. The van der Waals surface area contributed by atoms with Crippen molar-refractivity contribution in [1.82, 2.24) is 0 Å². The molecule has 0 aliphatic rings. The van der Waals surface area contributed by atoms with E-state index in [1.165, 1.54) is 11.2 Å². The summed E-state index contributed by atoms with van der Waals surface area (Å²) < 4.78 is 0. The number of hydrogen-bond donors (Lipinski definition) is 0. The second-order valence-electron chi connectivity index (χ2n) is 2.65. The van der Waals surface area contributed by atoms with E-state index in [9.17, 15) is 0 Å². The topological polar surface area (TPSA) is 0 Å². The second kappa shape index (κ2) is 4.52. The highest BCUT2D eigenvalue weighted by Crippen LogP contribution is 1.96. The predicted octanol–water partition coefficient (Wildman–Crippen LogP) is 1.60. The first-order valence-electron chi connectivity index (χ1n) is 3.87. The Morgan fingerprint density at radius 1 is 1.27 bits per heavy atom. The zero-order chi connectivity index (χ0) is 8.10. The van der Waals surface area contributed by atoms with E-state index in [0.717, 1.165) is 6.04 Å². The molecule has 0 spiro atoms. The molecule has 0 aliphatic carbocycles. The molecule has 0 saturated carbocycles. The summed E-state index contributed by atoms with van der Waals surface area (Å²) in [6.07, 6.45) is 0. The molecule has 2 heteroatoms. The first kappa shape index (κ1) is 8.75. The molecule has 0 nitrogen and oxygen atoms in total. The van der Waals surface area contributed by atoms with Crippen molar-refractivity contribution in [3.63, 3.8) is 0 Å². The maximum absolute atomic E-state index is 3.52. The Morgan fingerprint density at radius 2 is 1.91 bits per heavy atom. The zero-order valence-electron chi connectivity index (χ0n) is 6.80. The van der Waals surface area contributed by atoms with E-state index in [1.807, 2.05) is 0 Å². The van der Waals surface area contributed by atoms with Gasteiger partial charge in [0.25, 0.3) is 0 Å². The Morgan fingerprint density at radius 3 is 2.45 bits per heavy atom. The third kappa shape index (κ3) is 2.63. The van der Waals surface area contributed by atoms with Crippen LogP contribution in [0.15, 0.2) is 30.3 Å². The molecule has 1 rings (SSSR count). The van der Waals surface area contributed by atoms with Crippen LogP contribution >= 0.6 is 0 Å². The summed E-state index contributed by atoms with van der Waals surface area (Å²) in [5.41, 5.74) is 0.